The van der Waals surface area contributed by atoms with Crippen LogP contribution in [0.4, 0.5) is 0 Å². The lowest BCUT2D eigenvalue weighted by atomic mass is 10.1. The van der Waals surface area contributed by atoms with Gasteiger partial charge in [-0.2, -0.15) is 11.8 Å². The van der Waals surface area contributed by atoms with E-state index in [-0.39, 0.29) is 17.9 Å². The lowest BCUT2D eigenvalue weighted by Gasteiger charge is -2.32. The van der Waals surface area contributed by atoms with Crippen molar-refractivity contribution in [1.29, 1.82) is 0 Å². The zero-order valence-corrected chi connectivity index (χ0v) is 20.3. The second-order valence-corrected chi connectivity index (χ2v) is 9.83. The van der Waals surface area contributed by atoms with Crippen LogP contribution in [0.25, 0.3) is 0 Å². The molecule has 0 aliphatic heterocycles. The van der Waals surface area contributed by atoms with Gasteiger partial charge < -0.3 is 10.2 Å². The number of amides is 2. The lowest BCUT2D eigenvalue weighted by molar-refractivity contribution is -0.141. The summed E-state index contributed by atoms with van der Waals surface area (Å²) in [6, 6.07) is 17.5. The molecule has 0 radical (unpaired) electrons. The monoisotopic (exact) mass is 472 g/mol. The third kappa shape index (κ3) is 7.28. The van der Waals surface area contributed by atoms with E-state index in [2.05, 4.69) is 17.4 Å². The standard InChI is InChI=1S/C26H33ClN2O2S/c1-2-24(26(31)28-22-13-7-8-14-22)29(18-21-12-6-9-15-23(21)27)25(30)16-17-32-19-20-10-4-3-5-11-20/h3-6,9-12,15,22,24H,2,7-8,13-14,16-19H2,1H3,(H,28,31)/t24-/m0/s1. The van der Waals surface area contributed by atoms with Crippen molar-refractivity contribution in [1.82, 2.24) is 10.2 Å². The van der Waals surface area contributed by atoms with E-state index in [0.29, 0.717) is 30.2 Å². The normalized spacial score (nSPS) is 14.8. The number of thioether (sulfide) groups is 1. The van der Waals surface area contributed by atoms with E-state index < -0.39 is 6.04 Å². The quantitative estimate of drug-likeness (QED) is 0.418. The zero-order chi connectivity index (χ0) is 22.8. The third-order valence-corrected chi connectivity index (χ3v) is 7.36. The van der Waals surface area contributed by atoms with E-state index in [0.717, 1.165) is 37.0 Å². The number of carbonyl (C=O) groups excluding carboxylic acids is 2. The molecular formula is C26H33ClN2O2S. The first-order valence-corrected chi connectivity index (χ1v) is 13.1. The minimum Gasteiger partial charge on any atom is -0.352 e. The van der Waals surface area contributed by atoms with Crippen LogP contribution in [0.1, 0.15) is 56.6 Å². The van der Waals surface area contributed by atoms with E-state index in [4.69, 9.17) is 11.6 Å². The van der Waals surface area contributed by atoms with Gasteiger partial charge in [0.1, 0.15) is 6.04 Å². The Morgan fingerprint density at radius 1 is 1.09 bits per heavy atom. The largest absolute Gasteiger partial charge is 0.352 e. The highest BCUT2D eigenvalue weighted by atomic mass is 35.5. The molecule has 1 N–H and O–H groups in total. The molecule has 0 aromatic heterocycles. The van der Waals surface area contributed by atoms with Crippen LogP contribution in [0.3, 0.4) is 0 Å². The maximum atomic E-state index is 13.3. The van der Waals surface area contributed by atoms with Crippen molar-refractivity contribution >= 4 is 35.2 Å². The third-order valence-electron chi connectivity index (χ3n) is 5.96. The van der Waals surface area contributed by atoms with Crippen LogP contribution in [0.5, 0.6) is 0 Å². The molecule has 4 nitrogen and oxygen atoms in total. The maximum Gasteiger partial charge on any atom is 0.243 e. The molecule has 0 spiro atoms. The summed E-state index contributed by atoms with van der Waals surface area (Å²) in [6.07, 6.45) is 5.33. The predicted molar refractivity (Wildman–Crippen MR) is 134 cm³/mol. The Morgan fingerprint density at radius 3 is 2.47 bits per heavy atom. The maximum absolute atomic E-state index is 13.3. The van der Waals surface area contributed by atoms with E-state index >= 15 is 0 Å². The summed E-state index contributed by atoms with van der Waals surface area (Å²) in [5.41, 5.74) is 2.12. The van der Waals surface area contributed by atoms with Crippen LogP contribution in [-0.2, 0) is 21.9 Å². The SMILES string of the molecule is CC[C@@H](C(=O)NC1CCCC1)N(Cc1ccccc1Cl)C(=O)CCSCc1ccccc1. The Labute approximate surface area is 201 Å². The molecule has 3 rings (SSSR count). The van der Waals surface area contributed by atoms with Gasteiger partial charge in [0.25, 0.3) is 0 Å². The van der Waals surface area contributed by atoms with E-state index in [1.165, 1.54) is 5.56 Å². The van der Waals surface area contributed by atoms with Crippen molar-refractivity contribution in [2.24, 2.45) is 0 Å². The fourth-order valence-electron chi connectivity index (χ4n) is 4.16. The number of carbonyl (C=O) groups is 2. The number of rotatable bonds is 11. The van der Waals surface area contributed by atoms with Crippen molar-refractivity contribution in [2.45, 2.75) is 69.8 Å². The molecule has 172 valence electrons. The Bertz CT molecular complexity index is 871. The van der Waals surface area contributed by atoms with Gasteiger partial charge in [-0.3, -0.25) is 9.59 Å². The fourth-order valence-corrected chi connectivity index (χ4v) is 5.25. The first-order valence-electron chi connectivity index (χ1n) is 11.5. The highest BCUT2D eigenvalue weighted by Crippen LogP contribution is 2.23. The van der Waals surface area contributed by atoms with Crippen molar-refractivity contribution < 1.29 is 9.59 Å². The van der Waals surface area contributed by atoms with Gasteiger partial charge in [0.15, 0.2) is 0 Å². The van der Waals surface area contributed by atoms with Gasteiger partial charge in [-0.15, -0.1) is 0 Å². The van der Waals surface area contributed by atoms with Crippen molar-refractivity contribution in [2.75, 3.05) is 5.75 Å². The summed E-state index contributed by atoms with van der Waals surface area (Å²) in [7, 11) is 0. The number of hydrogen-bond acceptors (Lipinski definition) is 3. The zero-order valence-electron chi connectivity index (χ0n) is 18.8. The van der Waals surface area contributed by atoms with Crippen molar-refractivity contribution in [3.8, 4) is 0 Å². The molecule has 32 heavy (non-hydrogen) atoms. The molecular weight excluding hydrogens is 440 g/mol. The summed E-state index contributed by atoms with van der Waals surface area (Å²) >= 11 is 8.13. The molecule has 0 heterocycles. The number of hydrogen-bond donors (Lipinski definition) is 1. The van der Waals surface area contributed by atoms with Crippen LogP contribution >= 0.6 is 23.4 Å². The molecule has 0 unspecified atom stereocenters. The van der Waals surface area contributed by atoms with Crippen LogP contribution in [0.15, 0.2) is 54.6 Å². The number of nitrogens with zero attached hydrogens (tertiary/aromatic N) is 1. The summed E-state index contributed by atoms with van der Waals surface area (Å²) in [4.78, 5) is 28.2. The second kappa shape index (κ2) is 12.9. The smallest absolute Gasteiger partial charge is 0.243 e. The van der Waals surface area contributed by atoms with Crippen molar-refractivity contribution in [3.63, 3.8) is 0 Å². The average molecular weight is 473 g/mol. The number of benzene rings is 2. The fraction of sp³-hybridized carbons (Fsp3) is 0.462. The molecule has 0 bridgehead atoms. The van der Waals surface area contributed by atoms with Crippen LogP contribution in [-0.4, -0.2) is 34.6 Å². The summed E-state index contributed by atoms with van der Waals surface area (Å²) in [6.45, 7) is 2.31. The van der Waals surface area contributed by atoms with E-state index in [9.17, 15) is 9.59 Å². The first kappa shape index (κ1) is 24.7. The van der Waals surface area contributed by atoms with Gasteiger partial charge in [0.05, 0.1) is 0 Å². The molecule has 2 amide bonds. The van der Waals surface area contributed by atoms with Crippen LogP contribution in [0.2, 0.25) is 5.02 Å². The average Bonchev–Trinajstić information content (AvgIpc) is 3.31. The van der Waals surface area contributed by atoms with Gasteiger partial charge in [-0.05, 0) is 36.5 Å². The molecule has 1 fully saturated rings. The van der Waals surface area contributed by atoms with Gasteiger partial charge >= 0.3 is 0 Å². The summed E-state index contributed by atoms with van der Waals surface area (Å²) in [5.74, 6) is 1.54. The molecule has 1 atom stereocenters. The van der Waals surface area contributed by atoms with Gasteiger partial charge in [0.2, 0.25) is 11.8 Å². The lowest BCUT2D eigenvalue weighted by Crippen LogP contribution is -2.51. The molecule has 1 saturated carbocycles. The molecule has 1 aliphatic rings. The number of nitrogens with one attached hydrogen (secondary N) is 1. The van der Waals surface area contributed by atoms with Gasteiger partial charge in [-0.1, -0.05) is 79.9 Å². The predicted octanol–water partition coefficient (Wildman–Crippen LogP) is 5.83. The Morgan fingerprint density at radius 2 is 1.78 bits per heavy atom. The van der Waals surface area contributed by atoms with E-state index in [1.807, 2.05) is 49.4 Å². The second-order valence-electron chi connectivity index (χ2n) is 8.32. The molecule has 2 aromatic carbocycles. The minimum atomic E-state index is -0.488. The van der Waals surface area contributed by atoms with Crippen molar-refractivity contribution in [3.05, 3.63) is 70.7 Å². The first-order chi connectivity index (χ1) is 15.6. The Kier molecular flexibility index (Phi) is 9.94. The van der Waals surface area contributed by atoms with Gasteiger partial charge in [0, 0.05) is 35.5 Å². The molecule has 0 saturated heterocycles. The Hall–Kier alpha value is -1.98. The highest BCUT2D eigenvalue weighted by molar-refractivity contribution is 7.98. The van der Waals surface area contributed by atoms with E-state index in [1.54, 1.807) is 16.7 Å². The minimum absolute atomic E-state index is 0.00102. The topological polar surface area (TPSA) is 49.4 Å². The highest BCUT2D eigenvalue weighted by Gasteiger charge is 2.30. The van der Waals surface area contributed by atoms with Crippen LogP contribution in [0, 0.1) is 0 Å². The van der Waals surface area contributed by atoms with Crippen LogP contribution < -0.4 is 5.32 Å². The Balaban J connectivity index is 1.66. The summed E-state index contributed by atoms with van der Waals surface area (Å²) in [5, 5.41) is 3.80. The van der Waals surface area contributed by atoms with Gasteiger partial charge in [-0.25, -0.2) is 0 Å². The molecule has 1 aliphatic carbocycles. The number of halogens is 1. The summed E-state index contributed by atoms with van der Waals surface area (Å²) < 4.78 is 0. The molecule has 6 heteroatoms. The molecule has 2 aromatic rings.